The Hall–Kier alpha value is -2.04. The highest BCUT2D eigenvalue weighted by Crippen LogP contribution is 2.16. The molecule has 1 amide bonds. The van der Waals surface area contributed by atoms with Gasteiger partial charge in [0, 0.05) is 6.54 Å². The first-order valence-electron chi connectivity index (χ1n) is 7.02. The highest BCUT2D eigenvalue weighted by Gasteiger charge is 2.15. The van der Waals surface area contributed by atoms with Gasteiger partial charge in [-0.3, -0.25) is 9.59 Å². The van der Waals surface area contributed by atoms with Crippen LogP contribution in [0.25, 0.3) is 0 Å². The van der Waals surface area contributed by atoms with Crippen LogP contribution in [0.2, 0.25) is 0 Å². The fourth-order valence-electron chi connectivity index (χ4n) is 2.03. The Morgan fingerprint density at radius 3 is 2.29 bits per heavy atom. The second-order valence-corrected chi connectivity index (χ2v) is 4.91. The summed E-state index contributed by atoms with van der Waals surface area (Å²) in [4.78, 5) is 24.7. The number of aryl methyl sites for hydroxylation is 2. The molecule has 0 aliphatic rings. The Morgan fingerprint density at radius 1 is 1.14 bits per heavy atom. The van der Waals surface area contributed by atoms with Gasteiger partial charge in [0.15, 0.2) is 0 Å². The zero-order valence-corrected chi connectivity index (χ0v) is 13.1. The Bertz CT molecular complexity index is 479. The van der Waals surface area contributed by atoms with E-state index in [1.165, 1.54) is 12.0 Å². The zero-order chi connectivity index (χ0) is 15.8. The predicted molar refractivity (Wildman–Crippen MR) is 80.3 cm³/mol. The van der Waals surface area contributed by atoms with Crippen molar-refractivity contribution in [3.8, 4) is 5.75 Å². The number of hydrogen-bond acceptors (Lipinski definition) is 4. The van der Waals surface area contributed by atoms with Crippen LogP contribution in [0.4, 0.5) is 0 Å². The maximum atomic E-state index is 12.0. The van der Waals surface area contributed by atoms with Crippen molar-refractivity contribution in [1.82, 2.24) is 4.90 Å². The first-order valence-corrected chi connectivity index (χ1v) is 7.02. The van der Waals surface area contributed by atoms with Gasteiger partial charge in [0.25, 0.3) is 0 Å². The molecular formula is C16H23NO4. The molecule has 0 fully saturated rings. The Labute approximate surface area is 125 Å². The molecule has 0 bridgehead atoms. The quantitative estimate of drug-likeness (QED) is 0.722. The summed E-state index contributed by atoms with van der Waals surface area (Å²) in [6, 6.07) is 5.93. The number of rotatable bonds is 7. The Balaban J connectivity index is 2.46. The number of methoxy groups -OCH3 is 1. The third-order valence-electron chi connectivity index (χ3n) is 3.06. The minimum Gasteiger partial charge on any atom is -0.493 e. The SMILES string of the molecule is CCN(CC(=O)OC)C(=O)CCOc1cc(C)cc(C)c1. The molecule has 0 aromatic heterocycles. The number of hydrogen-bond donors (Lipinski definition) is 0. The maximum Gasteiger partial charge on any atom is 0.325 e. The van der Waals surface area contributed by atoms with Crippen LogP contribution in [0.15, 0.2) is 18.2 Å². The number of nitrogens with zero attached hydrogens (tertiary/aromatic N) is 1. The molecule has 1 rings (SSSR count). The lowest BCUT2D eigenvalue weighted by molar-refractivity contribution is -0.147. The van der Waals surface area contributed by atoms with Crippen LogP contribution in [0.5, 0.6) is 5.75 Å². The molecule has 0 aliphatic heterocycles. The van der Waals surface area contributed by atoms with Gasteiger partial charge in [0.2, 0.25) is 5.91 Å². The van der Waals surface area contributed by atoms with Crippen molar-refractivity contribution in [1.29, 1.82) is 0 Å². The number of likely N-dealkylation sites (N-methyl/N-ethyl adjacent to an activating group) is 1. The van der Waals surface area contributed by atoms with E-state index in [2.05, 4.69) is 10.8 Å². The summed E-state index contributed by atoms with van der Waals surface area (Å²) in [6.45, 7) is 6.57. The topological polar surface area (TPSA) is 55.8 Å². The van der Waals surface area contributed by atoms with Crippen LogP contribution in [-0.2, 0) is 14.3 Å². The van der Waals surface area contributed by atoms with Gasteiger partial charge >= 0.3 is 5.97 Å². The summed E-state index contributed by atoms with van der Waals surface area (Å²) in [7, 11) is 1.31. The van der Waals surface area contributed by atoms with E-state index in [4.69, 9.17) is 4.74 Å². The van der Waals surface area contributed by atoms with E-state index in [0.29, 0.717) is 13.2 Å². The molecule has 1 aromatic rings. The number of amides is 1. The smallest absolute Gasteiger partial charge is 0.325 e. The molecular weight excluding hydrogens is 270 g/mol. The van der Waals surface area contributed by atoms with Gasteiger partial charge in [-0.25, -0.2) is 0 Å². The normalized spacial score (nSPS) is 10.1. The van der Waals surface area contributed by atoms with Crippen LogP contribution >= 0.6 is 0 Å². The van der Waals surface area contributed by atoms with Crippen molar-refractivity contribution < 1.29 is 19.1 Å². The van der Waals surface area contributed by atoms with Crippen LogP contribution < -0.4 is 4.74 Å². The van der Waals surface area contributed by atoms with Gasteiger partial charge in [0.05, 0.1) is 20.1 Å². The summed E-state index contributed by atoms with van der Waals surface area (Å²) >= 11 is 0. The first-order chi connectivity index (χ1) is 9.96. The number of carbonyl (C=O) groups is 2. The molecule has 0 aliphatic carbocycles. The molecule has 0 N–H and O–H groups in total. The van der Waals surface area contributed by atoms with Gasteiger partial charge in [-0.1, -0.05) is 6.07 Å². The third kappa shape index (κ3) is 5.85. The van der Waals surface area contributed by atoms with Crippen LogP contribution in [0.3, 0.4) is 0 Å². The summed E-state index contributed by atoms with van der Waals surface area (Å²) < 4.78 is 10.2. The van der Waals surface area contributed by atoms with Crippen molar-refractivity contribution in [2.45, 2.75) is 27.2 Å². The molecule has 0 unspecified atom stereocenters. The second-order valence-electron chi connectivity index (χ2n) is 4.91. The van der Waals surface area contributed by atoms with Crippen molar-refractivity contribution in [2.75, 3.05) is 26.8 Å². The van der Waals surface area contributed by atoms with E-state index < -0.39 is 5.97 Å². The summed E-state index contributed by atoms with van der Waals surface area (Å²) in [5, 5.41) is 0. The lowest BCUT2D eigenvalue weighted by atomic mass is 10.1. The summed E-state index contributed by atoms with van der Waals surface area (Å²) in [5.74, 6) is 0.226. The Morgan fingerprint density at radius 2 is 1.76 bits per heavy atom. The van der Waals surface area contributed by atoms with Crippen molar-refractivity contribution in [3.63, 3.8) is 0 Å². The van der Waals surface area contributed by atoms with Gasteiger partial charge in [-0.05, 0) is 44.0 Å². The van der Waals surface area contributed by atoms with E-state index in [0.717, 1.165) is 16.9 Å². The van der Waals surface area contributed by atoms with E-state index in [1.54, 1.807) is 0 Å². The fraction of sp³-hybridized carbons (Fsp3) is 0.500. The second kappa shape index (κ2) is 8.29. The van der Waals surface area contributed by atoms with Crippen molar-refractivity contribution in [2.24, 2.45) is 0 Å². The molecule has 0 heterocycles. The molecule has 0 radical (unpaired) electrons. The highest BCUT2D eigenvalue weighted by molar-refractivity contribution is 5.82. The minimum absolute atomic E-state index is 0.0185. The average Bonchev–Trinajstić information content (AvgIpc) is 2.43. The van der Waals surface area contributed by atoms with Gasteiger partial charge < -0.3 is 14.4 Å². The molecule has 21 heavy (non-hydrogen) atoms. The van der Waals surface area contributed by atoms with Crippen LogP contribution in [0.1, 0.15) is 24.5 Å². The van der Waals surface area contributed by atoms with E-state index in [9.17, 15) is 9.59 Å². The van der Waals surface area contributed by atoms with Gasteiger partial charge in [0.1, 0.15) is 12.3 Å². The van der Waals surface area contributed by atoms with E-state index in [1.807, 2.05) is 32.9 Å². The van der Waals surface area contributed by atoms with E-state index >= 15 is 0 Å². The lowest BCUT2D eigenvalue weighted by Gasteiger charge is -2.19. The largest absolute Gasteiger partial charge is 0.493 e. The molecule has 0 saturated carbocycles. The molecule has 0 spiro atoms. The number of benzene rings is 1. The molecule has 5 nitrogen and oxygen atoms in total. The van der Waals surface area contributed by atoms with E-state index in [-0.39, 0.29) is 18.9 Å². The number of esters is 1. The van der Waals surface area contributed by atoms with Crippen molar-refractivity contribution >= 4 is 11.9 Å². The summed E-state index contributed by atoms with van der Waals surface area (Å²) in [5.41, 5.74) is 2.24. The van der Waals surface area contributed by atoms with Crippen molar-refractivity contribution in [3.05, 3.63) is 29.3 Å². The highest BCUT2D eigenvalue weighted by atomic mass is 16.5. The minimum atomic E-state index is -0.416. The molecule has 116 valence electrons. The maximum absolute atomic E-state index is 12.0. The molecule has 0 atom stereocenters. The van der Waals surface area contributed by atoms with Crippen LogP contribution in [0, 0.1) is 13.8 Å². The number of carbonyl (C=O) groups excluding carboxylic acids is 2. The lowest BCUT2D eigenvalue weighted by Crippen LogP contribution is -2.36. The van der Waals surface area contributed by atoms with Crippen LogP contribution in [-0.4, -0.2) is 43.6 Å². The monoisotopic (exact) mass is 293 g/mol. The Kier molecular flexibility index (Phi) is 6.72. The predicted octanol–water partition coefficient (Wildman–Crippen LogP) is 2.09. The zero-order valence-electron chi connectivity index (χ0n) is 13.1. The van der Waals surface area contributed by atoms with Gasteiger partial charge in [-0.2, -0.15) is 0 Å². The van der Waals surface area contributed by atoms with Gasteiger partial charge in [-0.15, -0.1) is 0 Å². The standard InChI is InChI=1S/C16H23NO4/c1-5-17(11-16(19)20-4)15(18)6-7-21-14-9-12(2)8-13(3)10-14/h8-10H,5-7,11H2,1-4H3. The third-order valence-corrected chi connectivity index (χ3v) is 3.06. The summed E-state index contributed by atoms with van der Waals surface area (Å²) in [6.07, 6.45) is 0.234. The molecule has 1 aromatic carbocycles. The molecule has 0 saturated heterocycles. The fourth-order valence-corrected chi connectivity index (χ4v) is 2.03. The molecule has 5 heteroatoms. The number of ether oxygens (including phenoxy) is 2. The first kappa shape index (κ1) is 17.0. The average molecular weight is 293 g/mol.